The summed E-state index contributed by atoms with van der Waals surface area (Å²) in [6.07, 6.45) is 4.97. The number of amides is 1. The topological polar surface area (TPSA) is 68.3 Å². The number of pyridine rings is 1. The van der Waals surface area contributed by atoms with Crippen molar-refractivity contribution in [3.8, 4) is 11.3 Å². The Kier molecular flexibility index (Phi) is 6.35. The van der Waals surface area contributed by atoms with Gasteiger partial charge in [-0.2, -0.15) is 0 Å². The minimum atomic E-state index is -0.411. The molecule has 5 nitrogen and oxygen atoms in total. The molecule has 1 aliphatic rings. The summed E-state index contributed by atoms with van der Waals surface area (Å²) >= 11 is 7.91. The zero-order chi connectivity index (χ0) is 23.7. The van der Waals surface area contributed by atoms with E-state index in [1.54, 1.807) is 12.1 Å². The van der Waals surface area contributed by atoms with E-state index in [2.05, 4.69) is 5.32 Å². The number of aryl methyl sites for hydroxylation is 1. The maximum Gasteiger partial charge on any atom is 0.341 e. The molecule has 1 N–H and O–H groups in total. The Hall–Kier alpha value is -3.22. The van der Waals surface area contributed by atoms with Crippen LogP contribution in [-0.2, 0) is 17.6 Å². The standard InChI is InChI=1S/C27H23ClN2O3S/c1-33-27(32)24-18-11-3-2-4-14-23(18)34-26(24)30-25(31)19-15-22(17-10-5-7-12-20(17)28)29-21-13-8-6-9-16(19)21/h5-10,12-13,15H,2-4,11,14H2,1H3,(H,30,31). The van der Waals surface area contributed by atoms with Crippen molar-refractivity contribution in [2.24, 2.45) is 0 Å². The molecule has 172 valence electrons. The number of fused-ring (bicyclic) bond motifs is 2. The molecular formula is C27H23ClN2O3S. The third kappa shape index (κ3) is 4.19. The highest BCUT2D eigenvalue weighted by Crippen LogP contribution is 2.38. The number of halogens is 1. The number of nitrogens with zero attached hydrogens (tertiary/aromatic N) is 1. The number of para-hydroxylation sites is 1. The molecule has 2 aromatic carbocycles. The number of anilines is 1. The molecule has 0 aliphatic heterocycles. The fourth-order valence-corrected chi connectivity index (χ4v) is 5.99. The molecule has 7 heteroatoms. The molecule has 2 aromatic heterocycles. The van der Waals surface area contributed by atoms with Gasteiger partial charge >= 0.3 is 5.97 Å². The van der Waals surface area contributed by atoms with Crippen molar-refractivity contribution in [3.63, 3.8) is 0 Å². The van der Waals surface area contributed by atoms with Crippen LogP contribution in [0.5, 0.6) is 0 Å². The zero-order valence-corrected chi connectivity index (χ0v) is 20.3. The van der Waals surface area contributed by atoms with E-state index < -0.39 is 5.97 Å². The molecule has 0 saturated carbocycles. The molecule has 0 radical (unpaired) electrons. The molecule has 5 rings (SSSR count). The van der Waals surface area contributed by atoms with Gasteiger partial charge in [0.15, 0.2) is 0 Å². The van der Waals surface area contributed by atoms with Gasteiger partial charge in [-0.05, 0) is 49.4 Å². The second-order valence-electron chi connectivity index (χ2n) is 8.27. The maximum absolute atomic E-state index is 13.6. The third-order valence-electron chi connectivity index (χ3n) is 6.15. The van der Waals surface area contributed by atoms with Crippen molar-refractivity contribution in [2.75, 3.05) is 12.4 Å². The van der Waals surface area contributed by atoms with Gasteiger partial charge in [0, 0.05) is 20.8 Å². The molecule has 2 heterocycles. The van der Waals surface area contributed by atoms with Crippen LogP contribution < -0.4 is 5.32 Å². The monoisotopic (exact) mass is 490 g/mol. The predicted octanol–water partition coefficient (Wildman–Crippen LogP) is 6.92. The molecular weight excluding hydrogens is 468 g/mol. The van der Waals surface area contributed by atoms with Crippen LogP contribution in [0.2, 0.25) is 5.02 Å². The molecule has 34 heavy (non-hydrogen) atoms. The predicted molar refractivity (Wildman–Crippen MR) is 137 cm³/mol. The summed E-state index contributed by atoms with van der Waals surface area (Å²) in [6, 6.07) is 16.7. The van der Waals surface area contributed by atoms with Crippen molar-refractivity contribution in [1.82, 2.24) is 4.98 Å². The van der Waals surface area contributed by atoms with E-state index in [4.69, 9.17) is 21.3 Å². The lowest BCUT2D eigenvalue weighted by molar-refractivity contribution is 0.0601. The smallest absolute Gasteiger partial charge is 0.341 e. The van der Waals surface area contributed by atoms with Crippen LogP contribution in [0.25, 0.3) is 22.2 Å². The van der Waals surface area contributed by atoms with Crippen LogP contribution in [-0.4, -0.2) is 24.0 Å². The average molecular weight is 491 g/mol. The maximum atomic E-state index is 13.6. The summed E-state index contributed by atoms with van der Waals surface area (Å²) in [6.45, 7) is 0. The molecule has 0 bridgehead atoms. The summed E-state index contributed by atoms with van der Waals surface area (Å²) < 4.78 is 5.08. The van der Waals surface area contributed by atoms with Crippen LogP contribution in [0, 0.1) is 0 Å². The third-order valence-corrected chi connectivity index (χ3v) is 7.69. The molecule has 4 aromatic rings. The number of aromatic nitrogens is 1. The second kappa shape index (κ2) is 9.57. The average Bonchev–Trinajstić information content (AvgIpc) is 3.03. The number of carbonyl (C=O) groups excluding carboxylic acids is 2. The van der Waals surface area contributed by atoms with E-state index in [1.165, 1.54) is 18.4 Å². The van der Waals surface area contributed by atoms with Gasteiger partial charge in [0.25, 0.3) is 5.91 Å². The number of thiophene rings is 1. The number of nitrogens with one attached hydrogen (secondary N) is 1. The first-order valence-electron chi connectivity index (χ1n) is 11.3. The first kappa shape index (κ1) is 22.6. The first-order valence-corrected chi connectivity index (χ1v) is 12.4. The van der Waals surface area contributed by atoms with Crippen LogP contribution in [0.15, 0.2) is 54.6 Å². The Bertz CT molecular complexity index is 1410. The SMILES string of the molecule is COC(=O)c1c(NC(=O)c2cc(-c3ccccc3Cl)nc3ccccc23)sc2c1CCCCC2. The Morgan fingerprint density at radius 2 is 1.79 bits per heavy atom. The number of benzene rings is 2. The van der Waals surface area contributed by atoms with Gasteiger partial charge in [0.2, 0.25) is 0 Å². The first-order chi connectivity index (χ1) is 16.6. The highest BCUT2D eigenvalue weighted by atomic mass is 35.5. The number of esters is 1. The number of rotatable bonds is 4. The normalized spacial score (nSPS) is 13.2. The Labute approximate surface area is 206 Å². The Morgan fingerprint density at radius 3 is 2.62 bits per heavy atom. The van der Waals surface area contributed by atoms with Crippen LogP contribution >= 0.6 is 22.9 Å². The number of carbonyl (C=O) groups is 2. The van der Waals surface area contributed by atoms with Crippen molar-refractivity contribution in [2.45, 2.75) is 32.1 Å². The van der Waals surface area contributed by atoms with E-state index in [0.717, 1.165) is 53.5 Å². The van der Waals surface area contributed by atoms with E-state index in [0.29, 0.717) is 32.4 Å². The fourth-order valence-electron chi connectivity index (χ4n) is 4.49. The van der Waals surface area contributed by atoms with Crippen molar-refractivity contribution in [3.05, 3.63) is 81.2 Å². The molecule has 1 amide bonds. The minimum absolute atomic E-state index is 0.298. The Balaban J connectivity index is 1.60. The molecule has 1 aliphatic carbocycles. The van der Waals surface area contributed by atoms with Gasteiger partial charge < -0.3 is 10.1 Å². The summed E-state index contributed by atoms with van der Waals surface area (Å²) in [5.74, 6) is -0.709. The van der Waals surface area contributed by atoms with Crippen molar-refractivity contribution >= 4 is 50.7 Å². The fraction of sp³-hybridized carbons (Fsp3) is 0.222. The largest absolute Gasteiger partial charge is 0.465 e. The highest BCUT2D eigenvalue weighted by Gasteiger charge is 2.27. The number of methoxy groups -OCH3 is 1. The molecule has 0 atom stereocenters. The highest BCUT2D eigenvalue weighted by molar-refractivity contribution is 7.17. The second-order valence-corrected chi connectivity index (χ2v) is 9.78. The van der Waals surface area contributed by atoms with Crippen LogP contribution in [0.1, 0.15) is 50.4 Å². The molecule has 0 fully saturated rings. The lowest BCUT2D eigenvalue weighted by Crippen LogP contribution is -2.15. The number of hydrogen-bond acceptors (Lipinski definition) is 5. The van der Waals surface area contributed by atoms with E-state index in [-0.39, 0.29) is 5.91 Å². The van der Waals surface area contributed by atoms with Gasteiger partial charge in [0.1, 0.15) is 5.00 Å². The van der Waals surface area contributed by atoms with Gasteiger partial charge in [-0.3, -0.25) is 4.79 Å². The van der Waals surface area contributed by atoms with Gasteiger partial charge in [0.05, 0.1) is 29.4 Å². The van der Waals surface area contributed by atoms with Gasteiger partial charge in [-0.15, -0.1) is 11.3 Å². The van der Waals surface area contributed by atoms with Gasteiger partial charge in [-0.1, -0.05) is 54.4 Å². The Morgan fingerprint density at radius 1 is 1.03 bits per heavy atom. The van der Waals surface area contributed by atoms with Crippen LogP contribution in [0.3, 0.4) is 0 Å². The molecule has 0 spiro atoms. The van der Waals surface area contributed by atoms with Crippen molar-refractivity contribution in [1.29, 1.82) is 0 Å². The molecule has 0 saturated heterocycles. The van der Waals surface area contributed by atoms with E-state index in [1.807, 2.05) is 42.5 Å². The number of ether oxygens (including phenoxy) is 1. The summed E-state index contributed by atoms with van der Waals surface area (Å²) in [5, 5.41) is 4.86. The lowest BCUT2D eigenvalue weighted by atomic mass is 10.0. The quantitative estimate of drug-likeness (QED) is 0.249. The number of hydrogen-bond donors (Lipinski definition) is 1. The summed E-state index contributed by atoms with van der Waals surface area (Å²) in [4.78, 5) is 32.2. The zero-order valence-electron chi connectivity index (χ0n) is 18.7. The summed E-state index contributed by atoms with van der Waals surface area (Å²) in [5.41, 5.74) is 4.04. The van der Waals surface area contributed by atoms with Crippen LogP contribution in [0.4, 0.5) is 5.00 Å². The van der Waals surface area contributed by atoms with E-state index >= 15 is 0 Å². The van der Waals surface area contributed by atoms with Gasteiger partial charge in [-0.25, -0.2) is 9.78 Å². The summed E-state index contributed by atoms with van der Waals surface area (Å²) in [7, 11) is 1.38. The lowest BCUT2D eigenvalue weighted by Gasteiger charge is -2.12. The minimum Gasteiger partial charge on any atom is -0.465 e. The molecule has 0 unspecified atom stereocenters. The van der Waals surface area contributed by atoms with E-state index in [9.17, 15) is 9.59 Å². The van der Waals surface area contributed by atoms with Crippen molar-refractivity contribution < 1.29 is 14.3 Å².